The van der Waals surface area contributed by atoms with Crippen molar-refractivity contribution in [3.8, 4) is 16.9 Å². The Morgan fingerprint density at radius 1 is 0.969 bits per heavy atom. The molecule has 1 amide bonds. The highest BCUT2D eigenvalue weighted by Crippen LogP contribution is 2.32. The molecule has 0 unspecified atom stereocenters. The third-order valence-electron chi connectivity index (χ3n) is 4.68. The molecule has 4 rings (SSSR count). The lowest BCUT2D eigenvalue weighted by Crippen LogP contribution is -2.31. The van der Waals surface area contributed by atoms with Gasteiger partial charge in [0.05, 0.1) is 16.3 Å². The molecule has 0 fully saturated rings. The van der Waals surface area contributed by atoms with Gasteiger partial charge in [0.1, 0.15) is 5.69 Å². The average molecular weight is 457 g/mol. The number of nitrogens with zero attached hydrogens (tertiary/aromatic N) is 2. The van der Waals surface area contributed by atoms with E-state index in [0.717, 1.165) is 17.2 Å². The molecule has 0 atom stereocenters. The van der Waals surface area contributed by atoms with E-state index in [1.165, 1.54) is 16.8 Å². The zero-order valence-electron chi connectivity index (χ0n) is 16.4. The summed E-state index contributed by atoms with van der Waals surface area (Å²) in [6.45, 7) is 0. The summed E-state index contributed by atoms with van der Waals surface area (Å²) in [5, 5.41) is -0.229. The molecular formula is C23H16ClF3N4O. The summed E-state index contributed by atoms with van der Waals surface area (Å²) in [4.78, 5) is 16.6. The molecular weight excluding hydrogens is 441 g/mol. The first-order chi connectivity index (χ1) is 15.3. The smallest absolute Gasteiger partial charge is 0.298 e. The standard InChI is InChI=1S/C23H16ClF3N4O/c24-18-13-16(23(25,26)27)14-28-21(18)31-12-6-11-20(31)22(32)30-29-19-10-5-4-9-17(19)15-7-2-1-3-8-15/h1-14,29H,(H,30,32). The summed E-state index contributed by atoms with van der Waals surface area (Å²) in [7, 11) is 0. The van der Waals surface area contributed by atoms with Crippen LogP contribution >= 0.6 is 11.6 Å². The molecule has 2 N–H and O–H groups in total. The Morgan fingerprint density at radius 3 is 2.41 bits per heavy atom. The van der Waals surface area contributed by atoms with Gasteiger partial charge in [-0.15, -0.1) is 0 Å². The van der Waals surface area contributed by atoms with Gasteiger partial charge < -0.3 is 0 Å². The van der Waals surface area contributed by atoms with Crippen LogP contribution in [0.4, 0.5) is 18.9 Å². The van der Waals surface area contributed by atoms with Gasteiger partial charge in [-0.05, 0) is 29.8 Å². The number of anilines is 1. The first-order valence-electron chi connectivity index (χ1n) is 9.46. The van der Waals surface area contributed by atoms with Gasteiger partial charge in [-0.25, -0.2) is 4.98 Å². The Labute approximate surface area is 186 Å². The first-order valence-corrected chi connectivity index (χ1v) is 9.83. The highest BCUT2D eigenvalue weighted by atomic mass is 35.5. The number of halogens is 4. The Hall–Kier alpha value is -3.78. The number of amides is 1. The molecule has 0 radical (unpaired) electrons. The highest BCUT2D eigenvalue weighted by Gasteiger charge is 2.32. The second-order valence-electron chi connectivity index (χ2n) is 6.78. The molecule has 0 aliphatic carbocycles. The molecule has 0 saturated carbocycles. The van der Waals surface area contributed by atoms with Crippen molar-refractivity contribution in [2.24, 2.45) is 0 Å². The van der Waals surface area contributed by atoms with Crippen LogP contribution in [0.5, 0.6) is 0 Å². The lowest BCUT2D eigenvalue weighted by Gasteiger charge is -2.15. The van der Waals surface area contributed by atoms with Crippen LogP contribution in [-0.4, -0.2) is 15.5 Å². The predicted octanol–water partition coefficient (Wildman–Crippen LogP) is 5.97. The number of hydrogen-bond acceptors (Lipinski definition) is 3. The predicted molar refractivity (Wildman–Crippen MR) is 117 cm³/mol. The number of benzene rings is 2. The quantitative estimate of drug-likeness (QED) is 0.364. The Bertz CT molecular complexity index is 1260. The number of hydrogen-bond donors (Lipinski definition) is 2. The Morgan fingerprint density at radius 2 is 1.69 bits per heavy atom. The topological polar surface area (TPSA) is 59.0 Å². The molecule has 32 heavy (non-hydrogen) atoms. The van der Waals surface area contributed by atoms with Crippen LogP contribution in [0.15, 0.2) is 85.2 Å². The third kappa shape index (κ3) is 4.45. The number of pyridine rings is 1. The number of carbonyl (C=O) groups is 1. The fourth-order valence-electron chi connectivity index (χ4n) is 3.16. The van der Waals surface area contributed by atoms with Crippen LogP contribution in [0.1, 0.15) is 16.1 Å². The van der Waals surface area contributed by atoms with Crippen molar-refractivity contribution in [3.05, 3.63) is 101 Å². The van der Waals surface area contributed by atoms with Gasteiger partial charge in [-0.1, -0.05) is 60.1 Å². The van der Waals surface area contributed by atoms with E-state index in [-0.39, 0.29) is 16.5 Å². The number of para-hydroxylation sites is 1. The van der Waals surface area contributed by atoms with Gasteiger partial charge in [0.2, 0.25) is 0 Å². The van der Waals surface area contributed by atoms with Crippen LogP contribution in [0.3, 0.4) is 0 Å². The minimum atomic E-state index is -4.57. The minimum absolute atomic E-state index is 0.0134. The van der Waals surface area contributed by atoms with Gasteiger partial charge in [0, 0.05) is 18.0 Å². The molecule has 2 heterocycles. The summed E-state index contributed by atoms with van der Waals surface area (Å²) >= 11 is 6.03. The zero-order valence-corrected chi connectivity index (χ0v) is 17.2. The summed E-state index contributed by atoms with van der Waals surface area (Å²) in [5.74, 6) is -0.505. The molecule has 0 bridgehead atoms. The maximum atomic E-state index is 12.9. The molecule has 2 aromatic heterocycles. The average Bonchev–Trinajstić information content (AvgIpc) is 3.27. The summed E-state index contributed by atoms with van der Waals surface area (Å²) in [6.07, 6.45) is -2.40. The molecule has 162 valence electrons. The molecule has 0 aliphatic heterocycles. The summed E-state index contributed by atoms with van der Waals surface area (Å²) < 4.78 is 40.0. The van der Waals surface area contributed by atoms with Gasteiger partial charge >= 0.3 is 6.18 Å². The van der Waals surface area contributed by atoms with Gasteiger partial charge in [-0.2, -0.15) is 13.2 Å². The van der Waals surface area contributed by atoms with Crippen LogP contribution in [0.2, 0.25) is 5.02 Å². The van der Waals surface area contributed by atoms with Crippen molar-refractivity contribution >= 4 is 23.2 Å². The van der Waals surface area contributed by atoms with Crippen molar-refractivity contribution in [1.82, 2.24) is 15.0 Å². The second kappa shape index (κ2) is 8.76. The number of rotatable bonds is 5. The zero-order chi connectivity index (χ0) is 22.7. The SMILES string of the molecule is O=C(NNc1ccccc1-c1ccccc1)c1cccn1-c1ncc(C(F)(F)F)cc1Cl. The monoisotopic (exact) mass is 456 g/mol. The maximum absolute atomic E-state index is 12.9. The molecule has 9 heteroatoms. The van der Waals surface area contributed by atoms with E-state index in [4.69, 9.17) is 11.6 Å². The lowest BCUT2D eigenvalue weighted by atomic mass is 10.0. The van der Waals surface area contributed by atoms with Crippen LogP contribution < -0.4 is 10.9 Å². The van der Waals surface area contributed by atoms with Crippen LogP contribution in [-0.2, 0) is 6.18 Å². The Kier molecular flexibility index (Phi) is 5.87. The van der Waals surface area contributed by atoms with Gasteiger partial charge in [-0.3, -0.25) is 20.2 Å². The van der Waals surface area contributed by atoms with Crippen LogP contribution in [0, 0.1) is 0 Å². The van der Waals surface area contributed by atoms with E-state index in [9.17, 15) is 18.0 Å². The largest absolute Gasteiger partial charge is 0.417 e. The van der Waals surface area contributed by atoms with Crippen LogP contribution in [0.25, 0.3) is 16.9 Å². The number of carbonyl (C=O) groups excluding carboxylic acids is 1. The highest BCUT2D eigenvalue weighted by molar-refractivity contribution is 6.32. The van der Waals surface area contributed by atoms with E-state index in [1.807, 2.05) is 54.6 Å². The number of hydrazine groups is 1. The fourth-order valence-corrected chi connectivity index (χ4v) is 3.42. The fraction of sp³-hybridized carbons (Fsp3) is 0.0435. The minimum Gasteiger partial charge on any atom is -0.298 e. The molecule has 0 spiro atoms. The van der Waals surface area contributed by atoms with E-state index < -0.39 is 17.6 Å². The summed E-state index contributed by atoms with van der Waals surface area (Å²) in [5.41, 5.74) is 7.23. The maximum Gasteiger partial charge on any atom is 0.417 e. The van der Waals surface area contributed by atoms with E-state index >= 15 is 0 Å². The molecule has 4 aromatic rings. The van der Waals surface area contributed by atoms with Gasteiger partial charge in [0.15, 0.2) is 5.82 Å². The van der Waals surface area contributed by atoms with Crippen molar-refractivity contribution < 1.29 is 18.0 Å². The number of aromatic nitrogens is 2. The Balaban J connectivity index is 1.56. The first kappa shape index (κ1) is 21.5. The van der Waals surface area contributed by atoms with Crippen molar-refractivity contribution in [2.45, 2.75) is 6.18 Å². The molecule has 0 aliphatic rings. The molecule has 2 aromatic carbocycles. The van der Waals surface area contributed by atoms with E-state index in [1.54, 1.807) is 6.07 Å². The lowest BCUT2D eigenvalue weighted by molar-refractivity contribution is -0.137. The van der Waals surface area contributed by atoms with E-state index in [2.05, 4.69) is 15.8 Å². The van der Waals surface area contributed by atoms with Crippen molar-refractivity contribution in [1.29, 1.82) is 0 Å². The normalized spacial score (nSPS) is 11.2. The van der Waals surface area contributed by atoms with Crippen molar-refractivity contribution in [2.75, 3.05) is 5.43 Å². The van der Waals surface area contributed by atoms with Crippen molar-refractivity contribution in [3.63, 3.8) is 0 Å². The molecule has 0 saturated heterocycles. The second-order valence-corrected chi connectivity index (χ2v) is 7.19. The number of alkyl halides is 3. The third-order valence-corrected chi connectivity index (χ3v) is 4.96. The summed E-state index contributed by atoms with van der Waals surface area (Å²) in [6, 6.07) is 20.9. The van der Waals surface area contributed by atoms with Gasteiger partial charge in [0.25, 0.3) is 5.91 Å². The number of nitrogens with one attached hydrogen (secondary N) is 2. The van der Waals surface area contributed by atoms with E-state index in [0.29, 0.717) is 11.9 Å². The molecule has 5 nitrogen and oxygen atoms in total.